The molecule has 0 aromatic carbocycles. The maximum Gasteiger partial charge on any atom is 0.265 e. The van der Waals surface area contributed by atoms with Crippen LogP contribution in [0, 0.1) is 13.8 Å². The predicted octanol–water partition coefficient (Wildman–Crippen LogP) is 3.70. The van der Waals surface area contributed by atoms with Crippen molar-refractivity contribution in [3.05, 3.63) is 51.9 Å². The third kappa shape index (κ3) is 4.18. The maximum absolute atomic E-state index is 12.9. The molecule has 1 aliphatic heterocycles. The number of nitrogens with zero attached hydrogens (tertiary/aromatic N) is 6. The highest BCUT2D eigenvalue weighted by Crippen LogP contribution is 2.31. The summed E-state index contributed by atoms with van der Waals surface area (Å²) in [6.45, 7) is 5.30. The lowest BCUT2D eigenvalue weighted by Gasteiger charge is -2.32. The molecule has 0 radical (unpaired) electrons. The highest BCUT2D eigenvalue weighted by atomic mass is 32.1. The molecule has 1 aliphatic rings. The van der Waals surface area contributed by atoms with Crippen LogP contribution in [-0.2, 0) is 0 Å². The Hall–Kier alpha value is -2.87. The van der Waals surface area contributed by atoms with Gasteiger partial charge in [-0.2, -0.15) is 0 Å². The minimum absolute atomic E-state index is 0.101. The Bertz CT molecular complexity index is 1040. The van der Waals surface area contributed by atoms with E-state index in [9.17, 15) is 4.79 Å². The molecule has 1 fully saturated rings. The van der Waals surface area contributed by atoms with Crippen molar-refractivity contribution in [2.45, 2.75) is 32.6 Å². The lowest BCUT2D eigenvalue weighted by atomic mass is 9.93. The fraction of sp³-hybridized carbons (Fsp3) is 0.409. The number of carbonyl (C=O) groups excluding carboxylic acids is 1. The van der Waals surface area contributed by atoms with Gasteiger partial charge in [-0.15, -0.1) is 11.3 Å². The summed E-state index contributed by atoms with van der Waals surface area (Å²) in [5.74, 6) is 1.98. The molecule has 0 spiro atoms. The largest absolute Gasteiger partial charge is 0.363 e. The Labute approximate surface area is 180 Å². The Balaban J connectivity index is 1.53. The summed E-state index contributed by atoms with van der Waals surface area (Å²) in [6.07, 6.45) is 5.32. The van der Waals surface area contributed by atoms with E-state index < -0.39 is 0 Å². The van der Waals surface area contributed by atoms with Crippen molar-refractivity contribution in [1.82, 2.24) is 24.8 Å². The van der Waals surface area contributed by atoms with Gasteiger partial charge in [0.15, 0.2) is 5.82 Å². The van der Waals surface area contributed by atoms with Crippen molar-refractivity contribution in [2.24, 2.45) is 0 Å². The number of rotatable bonds is 4. The van der Waals surface area contributed by atoms with E-state index in [1.807, 2.05) is 49.9 Å². The normalized spacial score (nSPS) is 14.7. The van der Waals surface area contributed by atoms with Gasteiger partial charge in [0.25, 0.3) is 5.91 Å². The third-order valence-electron chi connectivity index (χ3n) is 5.41. The lowest BCUT2D eigenvalue weighted by Crippen LogP contribution is -2.38. The van der Waals surface area contributed by atoms with Crippen molar-refractivity contribution in [2.75, 3.05) is 32.1 Å². The Morgan fingerprint density at radius 3 is 2.53 bits per heavy atom. The molecular formula is C22H26N6OS. The fourth-order valence-corrected chi connectivity index (χ4v) is 4.65. The Kier molecular flexibility index (Phi) is 5.76. The molecule has 7 nitrogen and oxygen atoms in total. The average molecular weight is 423 g/mol. The molecule has 4 heterocycles. The number of piperidine rings is 1. The van der Waals surface area contributed by atoms with Gasteiger partial charge in [-0.25, -0.2) is 15.0 Å². The average Bonchev–Trinajstić information content (AvgIpc) is 3.11. The van der Waals surface area contributed by atoms with Gasteiger partial charge in [-0.1, -0.05) is 0 Å². The van der Waals surface area contributed by atoms with Crippen molar-refractivity contribution >= 4 is 23.1 Å². The SMILES string of the molecule is Cc1nc(C)c(C(=O)N2CCC(c3cc(N(C)C)nc(-c4cccnc4)n3)CC2)s1. The molecule has 1 amide bonds. The molecule has 156 valence electrons. The van der Waals surface area contributed by atoms with Crippen LogP contribution in [0.15, 0.2) is 30.6 Å². The molecule has 30 heavy (non-hydrogen) atoms. The number of carbonyl (C=O) groups is 1. The van der Waals surface area contributed by atoms with Gasteiger partial charge in [0.05, 0.1) is 10.7 Å². The van der Waals surface area contributed by atoms with Crippen LogP contribution in [-0.4, -0.2) is 57.9 Å². The monoisotopic (exact) mass is 422 g/mol. The molecular weight excluding hydrogens is 396 g/mol. The lowest BCUT2D eigenvalue weighted by molar-refractivity contribution is 0.0716. The first-order chi connectivity index (χ1) is 14.4. The van der Waals surface area contributed by atoms with E-state index in [-0.39, 0.29) is 5.91 Å². The second kappa shape index (κ2) is 8.47. The number of amides is 1. The summed E-state index contributed by atoms with van der Waals surface area (Å²) in [6, 6.07) is 5.94. The minimum atomic E-state index is 0.101. The summed E-state index contributed by atoms with van der Waals surface area (Å²) < 4.78 is 0. The highest BCUT2D eigenvalue weighted by molar-refractivity contribution is 7.13. The molecule has 0 aliphatic carbocycles. The standard InChI is InChI=1S/C22H26N6OS/c1-14-20(30-15(2)24-14)22(29)28-10-7-16(8-11-28)18-12-19(27(3)4)26-21(25-18)17-6-5-9-23-13-17/h5-6,9,12-13,16H,7-8,10-11H2,1-4H3. The van der Waals surface area contributed by atoms with Gasteiger partial charge >= 0.3 is 0 Å². The molecule has 1 saturated heterocycles. The van der Waals surface area contributed by atoms with Crippen LogP contribution in [0.25, 0.3) is 11.4 Å². The van der Waals surface area contributed by atoms with Crippen LogP contribution in [0.2, 0.25) is 0 Å². The van der Waals surface area contributed by atoms with Gasteiger partial charge in [0.2, 0.25) is 0 Å². The number of aryl methyl sites for hydroxylation is 2. The number of hydrogen-bond donors (Lipinski definition) is 0. The van der Waals surface area contributed by atoms with E-state index >= 15 is 0 Å². The summed E-state index contributed by atoms with van der Waals surface area (Å²) in [4.78, 5) is 35.8. The number of aromatic nitrogens is 4. The first-order valence-electron chi connectivity index (χ1n) is 10.1. The zero-order chi connectivity index (χ0) is 21.3. The van der Waals surface area contributed by atoms with Gasteiger partial charge in [0, 0.05) is 62.8 Å². The van der Waals surface area contributed by atoms with E-state index in [2.05, 4.69) is 16.0 Å². The summed E-state index contributed by atoms with van der Waals surface area (Å²) in [5, 5.41) is 0.936. The molecule has 3 aromatic heterocycles. The van der Waals surface area contributed by atoms with Gasteiger partial charge in [0.1, 0.15) is 10.7 Å². The first-order valence-corrected chi connectivity index (χ1v) is 10.9. The summed E-state index contributed by atoms with van der Waals surface area (Å²) >= 11 is 1.48. The Morgan fingerprint density at radius 1 is 1.17 bits per heavy atom. The number of hydrogen-bond acceptors (Lipinski definition) is 7. The molecule has 0 bridgehead atoms. The van der Waals surface area contributed by atoms with E-state index in [0.29, 0.717) is 11.7 Å². The van der Waals surface area contributed by atoms with Crippen LogP contribution in [0.5, 0.6) is 0 Å². The van der Waals surface area contributed by atoms with Crippen LogP contribution in [0.4, 0.5) is 5.82 Å². The smallest absolute Gasteiger partial charge is 0.265 e. The van der Waals surface area contributed by atoms with E-state index in [4.69, 9.17) is 9.97 Å². The fourth-order valence-electron chi connectivity index (χ4n) is 3.77. The number of pyridine rings is 1. The molecule has 0 N–H and O–H groups in total. The van der Waals surface area contributed by atoms with E-state index in [1.54, 1.807) is 12.4 Å². The maximum atomic E-state index is 12.9. The molecule has 4 rings (SSSR count). The van der Waals surface area contributed by atoms with Crippen LogP contribution in [0.3, 0.4) is 0 Å². The van der Waals surface area contributed by atoms with Crippen molar-refractivity contribution < 1.29 is 4.79 Å². The van der Waals surface area contributed by atoms with Gasteiger partial charge in [-0.3, -0.25) is 9.78 Å². The van der Waals surface area contributed by atoms with Crippen molar-refractivity contribution in [3.63, 3.8) is 0 Å². The summed E-state index contributed by atoms with van der Waals surface area (Å²) in [7, 11) is 3.97. The van der Waals surface area contributed by atoms with Crippen LogP contribution >= 0.6 is 11.3 Å². The third-order valence-corrected chi connectivity index (χ3v) is 6.47. The minimum Gasteiger partial charge on any atom is -0.363 e. The molecule has 0 saturated carbocycles. The van der Waals surface area contributed by atoms with Gasteiger partial charge in [-0.05, 0) is 38.8 Å². The second-order valence-electron chi connectivity index (χ2n) is 7.82. The van der Waals surface area contributed by atoms with E-state index in [0.717, 1.165) is 58.6 Å². The van der Waals surface area contributed by atoms with Crippen molar-refractivity contribution in [3.8, 4) is 11.4 Å². The van der Waals surface area contributed by atoms with Crippen LogP contribution in [0.1, 0.15) is 44.8 Å². The molecule has 0 unspecified atom stereocenters. The number of anilines is 1. The molecule has 8 heteroatoms. The van der Waals surface area contributed by atoms with E-state index in [1.165, 1.54) is 11.3 Å². The molecule has 3 aromatic rings. The highest BCUT2D eigenvalue weighted by Gasteiger charge is 2.28. The molecule has 0 atom stereocenters. The van der Waals surface area contributed by atoms with Gasteiger partial charge < -0.3 is 9.80 Å². The van der Waals surface area contributed by atoms with Crippen LogP contribution < -0.4 is 4.90 Å². The number of thiazole rings is 1. The zero-order valence-electron chi connectivity index (χ0n) is 17.8. The second-order valence-corrected chi connectivity index (χ2v) is 9.03. The first kappa shape index (κ1) is 20.4. The Morgan fingerprint density at radius 2 is 1.93 bits per heavy atom. The zero-order valence-corrected chi connectivity index (χ0v) is 18.6. The van der Waals surface area contributed by atoms with Crippen molar-refractivity contribution in [1.29, 1.82) is 0 Å². The summed E-state index contributed by atoms with van der Waals surface area (Å²) in [5.41, 5.74) is 2.77. The quantitative estimate of drug-likeness (QED) is 0.638. The number of likely N-dealkylation sites (tertiary alicyclic amines) is 1. The predicted molar refractivity (Wildman–Crippen MR) is 119 cm³/mol. The topological polar surface area (TPSA) is 75.1 Å².